The van der Waals surface area contributed by atoms with Gasteiger partial charge in [0.05, 0.1) is 0 Å². The molecule has 5 heteroatoms. The summed E-state index contributed by atoms with van der Waals surface area (Å²) in [6.07, 6.45) is 0. The molecule has 0 atom stereocenters. The van der Waals surface area contributed by atoms with Crippen LogP contribution in [0.25, 0.3) is 0 Å². The second-order valence-electron chi connectivity index (χ2n) is 0.454. The van der Waals surface area contributed by atoms with Crippen LogP contribution in [0.3, 0.4) is 0 Å². The van der Waals surface area contributed by atoms with Crippen molar-refractivity contribution in [2.45, 2.75) is 0 Å². The fraction of sp³-hybridized carbons (Fsp3) is 0. The Kier molecular flexibility index (Phi) is 1.51. The normalized spacial score (nSPS) is 25.6. The molecule has 5 heavy (non-hydrogen) atoms. The van der Waals surface area contributed by atoms with E-state index in [4.69, 9.17) is 0 Å². The minimum absolute atomic E-state index is 1.07. The van der Waals surface area contributed by atoms with Crippen LogP contribution in [-0.4, -0.2) is 39.6 Å². The van der Waals surface area contributed by atoms with Gasteiger partial charge in [0.25, 0.3) is 0 Å². The average Bonchev–Trinajstić information content (AvgIpc) is 1.30. The zero-order chi connectivity index (χ0) is 3.70. The van der Waals surface area contributed by atoms with Crippen molar-refractivity contribution in [2.24, 2.45) is 0 Å². The van der Waals surface area contributed by atoms with Gasteiger partial charge in [-0.15, -0.1) is 0 Å². The van der Waals surface area contributed by atoms with Gasteiger partial charge in [-0.25, -0.2) is 0 Å². The maximum absolute atomic E-state index is 9.71. The Morgan fingerprint density at radius 1 is 1.60 bits per heavy atom. The summed E-state index contributed by atoms with van der Waals surface area (Å²) in [6.45, 7) is 0. The Morgan fingerprint density at radius 3 is 2.00 bits per heavy atom. The van der Waals surface area contributed by atoms with E-state index in [9.17, 15) is 3.83 Å². The number of hydrogen-bond acceptors (Lipinski definition) is 3. The fourth-order valence-electron chi connectivity index (χ4n) is 0.0618. The molecule has 3 nitrogen and oxygen atoms in total. The molecule has 0 aromatic carbocycles. The first kappa shape index (κ1) is 4.32. The average molecular weight is 334 g/mol. The molecule has 1 rings (SSSR count). The van der Waals surface area contributed by atoms with Crippen LogP contribution < -0.4 is 0 Å². The number of hydrogen-bond donors (Lipinski definition) is 0. The monoisotopic (exact) mass is 336 g/mol. The molecule has 1 fully saturated rings. The molecule has 1 aliphatic rings. The molecule has 0 amide bonds. The Labute approximate surface area is 46.9 Å². The molecule has 0 aromatic heterocycles. The summed E-state index contributed by atoms with van der Waals surface area (Å²) in [7, 11) is 0. The molecule has 28 valence electrons. The summed E-state index contributed by atoms with van der Waals surface area (Å²) in [4.78, 5) is 0. The van der Waals surface area contributed by atoms with Gasteiger partial charge < -0.3 is 0 Å². The van der Waals surface area contributed by atoms with Gasteiger partial charge in [0.2, 0.25) is 0 Å². The van der Waals surface area contributed by atoms with E-state index < -0.39 is 39.6 Å². The van der Waals surface area contributed by atoms with Gasteiger partial charge in [-0.2, -0.15) is 0 Å². The summed E-state index contributed by atoms with van der Waals surface area (Å²) in [5, 5.41) is 0. The van der Waals surface area contributed by atoms with Gasteiger partial charge in [0.15, 0.2) is 0 Å². The zero-order valence-corrected chi connectivity index (χ0v) is 7.73. The summed E-state index contributed by atoms with van der Waals surface area (Å²) in [5.74, 6) is 0. The predicted octanol–water partition coefficient (Wildman–Crippen LogP) is -1.02. The van der Waals surface area contributed by atoms with E-state index >= 15 is 0 Å². The minimum atomic E-state index is -2.03. The van der Waals surface area contributed by atoms with E-state index in [1.807, 2.05) is 0 Å². The van der Waals surface area contributed by atoms with E-state index in [0.29, 0.717) is 0 Å². The van der Waals surface area contributed by atoms with Crippen molar-refractivity contribution in [1.82, 2.24) is 0 Å². The third-order valence-electron chi connectivity index (χ3n) is 0.204. The fourth-order valence-corrected chi connectivity index (χ4v) is 2.82. The van der Waals surface area contributed by atoms with Gasteiger partial charge in [-0.1, -0.05) is 0 Å². The summed E-state index contributed by atoms with van der Waals surface area (Å²) >= 11 is -3.10. The van der Waals surface area contributed by atoms with Crippen molar-refractivity contribution in [2.75, 3.05) is 0 Å². The van der Waals surface area contributed by atoms with Gasteiger partial charge in [-0.05, 0) is 0 Å². The first-order valence-electron chi connectivity index (χ1n) is 0.908. The molecule has 1 heterocycles. The van der Waals surface area contributed by atoms with Gasteiger partial charge >= 0.3 is 47.0 Å². The van der Waals surface area contributed by atoms with Crippen LogP contribution in [0, 0.1) is 0 Å². The Balaban J connectivity index is 2.32. The van der Waals surface area contributed by atoms with Gasteiger partial charge in [0, 0.05) is 0 Å². The predicted molar refractivity (Wildman–Crippen MR) is 14.4 cm³/mol. The van der Waals surface area contributed by atoms with Gasteiger partial charge in [-0.3, -0.25) is 0 Å². The molecule has 0 N–H and O–H groups in total. The third kappa shape index (κ3) is 1.01. The van der Waals surface area contributed by atoms with E-state index in [1.165, 1.54) is 0 Å². The van der Waals surface area contributed by atoms with Crippen molar-refractivity contribution in [3.63, 3.8) is 0 Å². The third-order valence-corrected chi connectivity index (χ3v) is 9.31. The molecule has 0 bridgehead atoms. The van der Waals surface area contributed by atoms with E-state index in [-0.39, 0.29) is 0 Å². The molecular weight excluding hydrogens is 334 g/mol. The summed E-state index contributed by atoms with van der Waals surface area (Å²) in [6, 6.07) is 0. The molecule has 0 aliphatic carbocycles. The quantitative estimate of drug-likeness (QED) is 0.532. The van der Waals surface area contributed by atoms with E-state index in [0.717, 1.165) is 0 Å². The molecule has 0 aromatic rings. The SMILES string of the molecule is O=[Se]1[O][Pb][O]1. The first-order valence-corrected chi connectivity index (χ1v) is 6.18. The van der Waals surface area contributed by atoms with Crippen LogP contribution in [0.1, 0.15) is 0 Å². The second-order valence-corrected chi connectivity index (χ2v) is 9.39. The van der Waals surface area contributed by atoms with E-state index in [2.05, 4.69) is 3.54 Å². The van der Waals surface area contributed by atoms with Crippen LogP contribution in [0.2, 0.25) is 0 Å². The van der Waals surface area contributed by atoms with Crippen LogP contribution in [-0.2, 0) is 7.37 Å². The standard InChI is InChI=1S/H2O3Se.Pb/c1-4(2)3;/h(H2,1,2,3);/q;+2/p-2. The van der Waals surface area contributed by atoms with Crippen LogP contribution in [0.15, 0.2) is 0 Å². The van der Waals surface area contributed by atoms with E-state index in [1.54, 1.807) is 0 Å². The second kappa shape index (κ2) is 1.74. The van der Waals surface area contributed by atoms with Gasteiger partial charge in [0.1, 0.15) is 0 Å². The Bertz CT molecular complexity index is 53.9. The topological polar surface area (TPSA) is 35.5 Å². The number of rotatable bonds is 0. The zero-order valence-electron chi connectivity index (χ0n) is 2.13. The molecular formula is O3PbSe. The Hall–Kier alpha value is 1.16. The summed E-state index contributed by atoms with van der Waals surface area (Å²) in [5.41, 5.74) is 0. The van der Waals surface area contributed by atoms with Crippen molar-refractivity contribution in [1.29, 1.82) is 0 Å². The summed E-state index contributed by atoms with van der Waals surface area (Å²) < 4.78 is 18.7. The van der Waals surface area contributed by atoms with Crippen LogP contribution >= 0.6 is 0 Å². The first-order chi connectivity index (χ1) is 2.39. The van der Waals surface area contributed by atoms with Crippen LogP contribution in [0.5, 0.6) is 0 Å². The van der Waals surface area contributed by atoms with Crippen molar-refractivity contribution >= 4 is 39.6 Å². The molecule has 1 saturated heterocycles. The van der Waals surface area contributed by atoms with Crippen molar-refractivity contribution < 1.29 is 7.37 Å². The van der Waals surface area contributed by atoms with Crippen molar-refractivity contribution in [3.05, 3.63) is 0 Å². The molecule has 1 aliphatic heterocycles. The molecule has 0 saturated carbocycles. The van der Waals surface area contributed by atoms with Crippen LogP contribution in [0.4, 0.5) is 0 Å². The maximum atomic E-state index is 9.71. The molecule has 0 spiro atoms. The van der Waals surface area contributed by atoms with Crippen molar-refractivity contribution in [3.8, 4) is 0 Å². The Morgan fingerprint density at radius 2 is 2.00 bits per heavy atom. The molecule has 2 radical (unpaired) electrons. The molecule has 0 unspecified atom stereocenters.